The van der Waals surface area contributed by atoms with Crippen LogP contribution in [0, 0.1) is 0 Å². The van der Waals surface area contributed by atoms with Crippen LogP contribution in [-0.2, 0) is 24.3 Å². The van der Waals surface area contributed by atoms with Crippen molar-refractivity contribution in [1.82, 2.24) is 0 Å². The van der Waals surface area contributed by atoms with Gasteiger partial charge >= 0.3 is 0 Å². The SMILES string of the molecule is CC[Si](CC)(CC)O[C@@H](/C(=C\C=O)OC)[C@H](C)OC(c1ccccc1)(c1ccccc1)c1ccccc1. The summed E-state index contributed by atoms with van der Waals surface area (Å²) in [4.78, 5) is 11.6. The fourth-order valence-electron chi connectivity index (χ4n) is 5.06. The Hall–Kier alpha value is -2.99. The third-order valence-corrected chi connectivity index (χ3v) is 12.0. The van der Waals surface area contributed by atoms with E-state index in [2.05, 4.69) is 57.2 Å². The maximum atomic E-state index is 11.6. The van der Waals surface area contributed by atoms with Gasteiger partial charge in [0.05, 0.1) is 13.2 Å². The lowest BCUT2D eigenvalue weighted by atomic mass is 9.79. The Bertz CT molecular complexity index is 1010. The predicted molar refractivity (Wildman–Crippen MR) is 153 cm³/mol. The summed E-state index contributed by atoms with van der Waals surface area (Å²) < 4.78 is 19.9. The number of hydrogen-bond acceptors (Lipinski definition) is 4. The Morgan fingerprint density at radius 2 is 1.19 bits per heavy atom. The fraction of sp³-hybridized carbons (Fsp3) is 0.344. The van der Waals surface area contributed by atoms with Gasteiger partial charge in [-0.05, 0) is 41.7 Å². The number of methoxy groups -OCH3 is 1. The molecule has 0 bridgehead atoms. The van der Waals surface area contributed by atoms with Crippen molar-refractivity contribution in [2.75, 3.05) is 7.11 Å². The van der Waals surface area contributed by atoms with E-state index in [1.807, 2.05) is 61.5 Å². The van der Waals surface area contributed by atoms with Crippen molar-refractivity contribution in [1.29, 1.82) is 0 Å². The fourth-order valence-corrected chi connectivity index (χ4v) is 7.91. The Kier molecular flexibility index (Phi) is 10.4. The predicted octanol–water partition coefficient (Wildman–Crippen LogP) is 7.50. The lowest BCUT2D eigenvalue weighted by molar-refractivity contribution is -0.105. The molecular weight excluding hydrogens is 476 g/mol. The minimum atomic E-state index is -2.08. The zero-order chi connectivity index (χ0) is 26.7. The highest BCUT2D eigenvalue weighted by molar-refractivity contribution is 6.73. The third-order valence-electron chi connectivity index (χ3n) is 7.39. The molecule has 3 aromatic rings. The van der Waals surface area contributed by atoms with E-state index in [1.54, 1.807) is 7.11 Å². The highest BCUT2D eigenvalue weighted by atomic mass is 28.4. The zero-order valence-electron chi connectivity index (χ0n) is 22.7. The summed E-state index contributed by atoms with van der Waals surface area (Å²) in [5.41, 5.74) is 2.14. The Balaban J connectivity index is 2.22. The van der Waals surface area contributed by atoms with Crippen molar-refractivity contribution in [2.24, 2.45) is 0 Å². The van der Waals surface area contributed by atoms with Crippen molar-refractivity contribution < 1.29 is 18.7 Å². The van der Waals surface area contributed by atoms with E-state index < -0.39 is 26.1 Å². The molecule has 0 N–H and O–H groups in total. The average molecular weight is 517 g/mol. The van der Waals surface area contributed by atoms with Gasteiger partial charge in [-0.15, -0.1) is 0 Å². The quantitative estimate of drug-likeness (QED) is 0.0731. The van der Waals surface area contributed by atoms with Crippen molar-refractivity contribution in [3.05, 3.63) is 120 Å². The number of rotatable bonds is 14. The molecule has 0 aliphatic heterocycles. The van der Waals surface area contributed by atoms with Crippen LogP contribution in [0.1, 0.15) is 44.4 Å². The molecule has 2 atom stereocenters. The second kappa shape index (κ2) is 13.5. The van der Waals surface area contributed by atoms with Gasteiger partial charge in [0.25, 0.3) is 0 Å². The third kappa shape index (κ3) is 6.29. The van der Waals surface area contributed by atoms with Crippen LogP contribution in [0.3, 0.4) is 0 Å². The highest BCUT2D eigenvalue weighted by Gasteiger charge is 2.43. The van der Waals surface area contributed by atoms with E-state index in [-0.39, 0.29) is 0 Å². The molecular formula is C32H40O4Si. The summed E-state index contributed by atoms with van der Waals surface area (Å²) in [7, 11) is -0.494. The first-order chi connectivity index (χ1) is 18.0. The van der Waals surface area contributed by atoms with Crippen molar-refractivity contribution in [3.8, 4) is 0 Å². The molecule has 0 aliphatic carbocycles. The number of ether oxygens (including phenoxy) is 2. The number of carbonyl (C=O) groups excluding carboxylic acids is 1. The monoisotopic (exact) mass is 516 g/mol. The van der Waals surface area contributed by atoms with E-state index in [0.717, 1.165) is 41.1 Å². The van der Waals surface area contributed by atoms with E-state index in [9.17, 15) is 4.79 Å². The van der Waals surface area contributed by atoms with Gasteiger partial charge in [0.15, 0.2) is 8.32 Å². The minimum absolute atomic E-state index is 0.441. The standard InChI is InChI=1S/C32H40O4Si/c1-6-37(7-2,8-3)36-31(30(34-5)24-25-33)26(4)35-32(27-18-12-9-13-19-27,28-20-14-10-15-21-28)29-22-16-11-17-23-29/h9-26,31H,6-8H2,1-5H3/b30-24+/t26-,31+/m0/s1. The molecule has 0 radical (unpaired) electrons. The normalized spacial score (nSPS) is 14.1. The second-order valence-electron chi connectivity index (χ2n) is 9.29. The first kappa shape index (κ1) is 28.6. The van der Waals surface area contributed by atoms with Gasteiger partial charge in [0, 0.05) is 6.08 Å². The molecule has 4 nitrogen and oxygen atoms in total. The lowest BCUT2D eigenvalue weighted by Crippen LogP contribution is -2.48. The average Bonchev–Trinajstić information content (AvgIpc) is 2.97. The number of allylic oxidation sites excluding steroid dienone is 1. The van der Waals surface area contributed by atoms with Crippen LogP contribution < -0.4 is 0 Å². The minimum Gasteiger partial charge on any atom is -0.498 e. The topological polar surface area (TPSA) is 44.8 Å². The van der Waals surface area contributed by atoms with Gasteiger partial charge in [0.1, 0.15) is 23.8 Å². The molecule has 0 aromatic heterocycles. The van der Waals surface area contributed by atoms with Gasteiger partial charge in [-0.2, -0.15) is 0 Å². The summed E-state index contributed by atoms with van der Waals surface area (Å²) in [6.07, 6.45) is 1.24. The van der Waals surface area contributed by atoms with Crippen LogP contribution in [0.25, 0.3) is 0 Å². The summed E-state index contributed by atoms with van der Waals surface area (Å²) in [5.74, 6) is 0.484. The molecule has 0 unspecified atom stereocenters. The molecule has 3 rings (SSSR count). The van der Waals surface area contributed by atoms with Crippen LogP contribution in [0.4, 0.5) is 0 Å². The van der Waals surface area contributed by atoms with Crippen LogP contribution >= 0.6 is 0 Å². The van der Waals surface area contributed by atoms with E-state index in [1.165, 1.54) is 6.08 Å². The molecule has 0 spiro atoms. The number of aldehydes is 1. The van der Waals surface area contributed by atoms with Gasteiger partial charge in [-0.3, -0.25) is 4.79 Å². The summed E-state index contributed by atoms with van der Waals surface area (Å²) in [5, 5.41) is 0. The summed E-state index contributed by atoms with van der Waals surface area (Å²) >= 11 is 0. The van der Waals surface area contributed by atoms with Crippen LogP contribution in [-0.4, -0.2) is 33.9 Å². The van der Waals surface area contributed by atoms with Gasteiger partial charge in [0.2, 0.25) is 0 Å². The van der Waals surface area contributed by atoms with E-state index >= 15 is 0 Å². The molecule has 0 saturated heterocycles. The van der Waals surface area contributed by atoms with Gasteiger partial charge in [-0.1, -0.05) is 112 Å². The number of carbonyl (C=O) groups is 1. The van der Waals surface area contributed by atoms with Gasteiger partial charge < -0.3 is 13.9 Å². The Morgan fingerprint density at radius 1 is 0.784 bits per heavy atom. The molecule has 3 aromatic carbocycles. The molecule has 5 heteroatoms. The molecule has 0 saturated carbocycles. The molecule has 0 fully saturated rings. The Morgan fingerprint density at radius 3 is 1.51 bits per heavy atom. The van der Waals surface area contributed by atoms with Crippen LogP contribution in [0.2, 0.25) is 18.1 Å². The van der Waals surface area contributed by atoms with Gasteiger partial charge in [-0.25, -0.2) is 0 Å². The number of hydrogen-bond donors (Lipinski definition) is 0. The van der Waals surface area contributed by atoms with Crippen LogP contribution in [0.5, 0.6) is 0 Å². The first-order valence-corrected chi connectivity index (χ1v) is 15.7. The lowest BCUT2D eigenvalue weighted by Gasteiger charge is -2.42. The molecule has 0 aliphatic rings. The highest BCUT2D eigenvalue weighted by Crippen LogP contribution is 2.42. The molecule has 0 amide bonds. The number of benzene rings is 3. The summed E-state index contributed by atoms with van der Waals surface area (Å²) in [6, 6.07) is 33.8. The Labute approximate surface area is 223 Å². The maximum absolute atomic E-state index is 11.6. The van der Waals surface area contributed by atoms with Crippen molar-refractivity contribution in [3.63, 3.8) is 0 Å². The largest absolute Gasteiger partial charge is 0.498 e. The summed E-state index contributed by atoms with van der Waals surface area (Å²) in [6.45, 7) is 8.60. The molecule has 37 heavy (non-hydrogen) atoms. The smallest absolute Gasteiger partial charge is 0.193 e. The maximum Gasteiger partial charge on any atom is 0.193 e. The van der Waals surface area contributed by atoms with E-state index in [0.29, 0.717) is 5.76 Å². The first-order valence-electron chi connectivity index (χ1n) is 13.2. The van der Waals surface area contributed by atoms with Crippen molar-refractivity contribution >= 4 is 14.6 Å². The second-order valence-corrected chi connectivity index (χ2v) is 14.0. The zero-order valence-corrected chi connectivity index (χ0v) is 23.7. The van der Waals surface area contributed by atoms with Crippen molar-refractivity contribution in [2.45, 2.75) is 63.6 Å². The van der Waals surface area contributed by atoms with Crippen LogP contribution in [0.15, 0.2) is 103 Å². The molecule has 196 valence electrons. The van der Waals surface area contributed by atoms with E-state index in [4.69, 9.17) is 13.9 Å². The molecule has 0 heterocycles.